The van der Waals surface area contributed by atoms with Crippen LogP contribution in [0.15, 0.2) is 30.5 Å². The van der Waals surface area contributed by atoms with Crippen LogP contribution in [0.1, 0.15) is 100 Å². The Kier molecular flexibility index (Phi) is 17.9. The summed E-state index contributed by atoms with van der Waals surface area (Å²) in [4.78, 5) is 60.0. The third-order valence-corrected chi connectivity index (χ3v) is 14.5. The van der Waals surface area contributed by atoms with Crippen LogP contribution in [0.5, 0.6) is 0 Å². The molecule has 5 rings (SSSR count). The molecule has 378 valence electrons. The molecule has 3 saturated heterocycles. The normalized spacial score (nSPS) is 40.5. The first kappa shape index (κ1) is 54.4. The number of methoxy groups -OCH3 is 1. The monoisotopic (exact) mass is 948 g/mol. The summed E-state index contributed by atoms with van der Waals surface area (Å²) in [5.41, 5.74) is -3.61. The Hall–Kier alpha value is -3.56. The van der Waals surface area contributed by atoms with Crippen molar-refractivity contribution in [1.29, 1.82) is 0 Å². The number of aliphatic hydroxyl groups excluding tert-OH is 2. The Morgan fingerprint density at radius 2 is 1.60 bits per heavy atom. The third kappa shape index (κ3) is 12.4. The quantitative estimate of drug-likeness (QED) is 0.167. The Morgan fingerprint density at radius 1 is 0.925 bits per heavy atom. The number of rotatable bonds is 12. The fourth-order valence-corrected chi connectivity index (χ4v) is 10.4. The number of cyclic esters (lactones) is 1. The molecule has 0 saturated carbocycles. The number of nitrogens with zero attached hydrogens (tertiary/aromatic N) is 1. The van der Waals surface area contributed by atoms with E-state index >= 15 is 0 Å². The topological polar surface area (TPSA) is 245 Å². The van der Waals surface area contributed by atoms with E-state index in [1.165, 1.54) is 34.8 Å². The molecule has 1 amide bonds. The van der Waals surface area contributed by atoms with E-state index in [1.54, 1.807) is 40.8 Å². The Bertz CT molecular complexity index is 2010. The van der Waals surface area contributed by atoms with Crippen LogP contribution in [-0.2, 0) is 58.8 Å². The lowest BCUT2D eigenvalue weighted by atomic mass is 9.74. The number of carbonyl (C=O) groups is 4. The fourth-order valence-electron chi connectivity index (χ4n) is 10.4. The van der Waals surface area contributed by atoms with Crippen molar-refractivity contribution in [3.05, 3.63) is 36.0 Å². The minimum Gasteiger partial charge on any atom is -0.459 e. The number of amides is 1. The average molecular weight is 948 g/mol. The maximum Gasteiger partial charge on any atom is 0.311 e. The van der Waals surface area contributed by atoms with Gasteiger partial charge in [-0.25, -0.2) is 0 Å². The lowest BCUT2D eigenvalue weighted by Gasteiger charge is -2.49. The smallest absolute Gasteiger partial charge is 0.311 e. The summed E-state index contributed by atoms with van der Waals surface area (Å²) in [6, 6.07) is 7.21. The minimum atomic E-state index is -2.23. The van der Waals surface area contributed by atoms with Crippen molar-refractivity contribution in [3.8, 4) is 0 Å². The SMILES string of the molecule is CO[C@]1(C)C[C@H](O[C@H]2[C@H](C)[C@@H](O[C@@H]3O[C@H](C)C[C@H](N(C)C)[C@H]3OC(C)=O)[C@](C)(O)C[C@@H](C)C(=O)[C@H](C)[C@@H](O)[C@](C)(O)[C@@H](CCNC(=O)Cc3c[nH]c4ccccc34)OC(=O)[C@@H]2C)O[C@@H](C)[C@@H]1O. The van der Waals surface area contributed by atoms with Crippen LogP contribution in [-0.4, -0.2) is 166 Å². The summed E-state index contributed by atoms with van der Waals surface area (Å²) in [6.07, 6.45) is -9.33. The maximum absolute atomic E-state index is 14.8. The van der Waals surface area contributed by atoms with Crippen LogP contribution < -0.4 is 5.32 Å². The van der Waals surface area contributed by atoms with Gasteiger partial charge in [0.1, 0.15) is 23.6 Å². The highest BCUT2D eigenvalue weighted by Gasteiger charge is 2.54. The standard InChI is InChI=1S/C49H77N3O15/c1-25-22-47(8,59)44(67-46-41(64-31(7)53)35(52(11)12)20-26(2)62-46)28(4)40(66-38-23-48(9,61-13)43(57)30(6)63-38)29(5)45(58)65-36(49(10,60)42(56)27(3)39(25)55)18-19-50-37(54)21-32-24-51-34-17-15-14-16-33(32)34/h14-17,24-30,35-36,38,40-44,46,51,56-57,59-60H,18-23H2,1-13H3,(H,50,54)/t25-,26-,27+,28+,29-,30+,35+,36-,38+,40+,41-,42-,43+,44-,46+,47-,48-,49-/m1/s1. The molecule has 67 heavy (non-hydrogen) atoms. The van der Waals surface area contributed by atoms with Crippen LogP contribution in [0.2, 0.25) is 0 Å². The number of H-pyrrole nitrogens is 1. The number of ketones is 1. The van der Waals surface area contributed by atoms with Crippen molar-refractivity contribution < 1.29 is 72.8 Å². The number of aliphatic hydroxyl groups is 4. The first-order valence-electron chi connectivity index (χ1n) is 23.6. The summed E-state index contributed by atoms with van der Waals surface area (Å²) in [7, 11) is 5.15. The predicted octanol–water partition coefficient (Wildman–Crippen LogP) is 3.18. The van der Waals surface area contributed by atoms with Crippen LogP contribution in [0.4, 0.5) is 0 Å². The molecule has 0 bridgehead atoms. The average Bonchev–Trinajstić information content (AvgIpc) is 3.66. The van der Waals surface area contributed by atoms with Gasteiger partial charge in [-0.3, -0.25) is 19.2 Å². The van der Waals surface area contributed by atoms with E-state index in [9.17, 15) is 39.6 Å². The van der Waals surface area contributed by atoms with Crippen molar-refractivity contribution in [2.75, 3.05) is 27.7 Å². The molecule has 18 nitrogen and oxygen atoms in total. The number of nitrogens with one attached hydrogen (secondary N) is 2. The number of Topliss-reactive ketones (excluding diaryl/α,β-unsaturated/α-hetero) is 1. The molecular formula is C49H77N3O15. The fraction of sp³-hybridized carbons (Fsp3) is 0.755. The molecule has 0 aliphatic carbocycles. The highest BCUT2D eigenvalue weighted by Crippen LogP contribution is 2.41. The molecule has 0 spiro atoms. The van der Waals surface area contributed by atoms with E-state index in [1.807, 2.05) is 50.2 Å². The number of hydrogen-bond donors (Lipinski definition) is 6. The minimum absolute atomic E-state index is 0.0232. The van der Waals surface area contributed by atoms with E-state index in [0.717, 1.165) is 16.5 Å². The molecular weight excluding hydrogens is 871 g/mol. The van der Waals surface area contributed by atoms with Crippen LogP contribution in [0.3, 0.4) is 0 Å². The number of hydrogen-bond acceptors (Lipinski definition) is 16. The van der Waals surface area contributed by atoms with Gasteiger partial charge in [0.2, 0.25) is 5.91 Å². The highest BCUT2D eigenvalue weighted by molar-refractivity contribution is 5.89. The van der Waals surface area contributed by atoms with Gasteiger partial charge < -0.3 is 68.8 Å². The van der Waals surface area contributed by atoms with Gasteiger partial charge >= 0.3 is 11.9 Å². The molecule has 3 aliphatic heterocycles. The maximum atomic E-state index is 14.8. The van der Waals surface area contributed by atoms with Crippen LogP contribution >= 0.6 is 0 Å². The molecule has 2 aromatic rings. The molecule has 3 aliphatic rings. The van der Waals surface area contributed by atoms with Gasteiger partial charge in [0, 0.05) is 68.3 Å². The molecule has 1 aromatic heterocycles. The highest BCUT2D eigenvalue weighted by atomic mass is 16.7. The van der Waals surface area contributed by atoms with E-state index in [2.05, 4.69) is 10.3 Å². The number of benzene rings is 1. The van der Waals surface area contributed by atoms with Gasteiger partial charge in [-0.2, -0.15) is 0 Å². The van der Waals surface area contributed by atoms with Crippen LogP contribution in [0.25, 0.3) is 10.9 Å². The summed E-state index contributed by atoms with van der Waals surface area (Å²) in [6.45, 7) is 15.6. The second-order valence-corrected chi connectivity index (χ2v) is 20.3. The number of esters is 2. The van der Waals surface area contributed by atoms with Gasteiger partial charge in [0.15, 0.2) is 18.7 Å². The first-order valence-corrected chi connectivity index (χ1v) is 23.6. The zero-order valence-corrected chi connectivity index (χ0v) is 41.5. The summed E-state index contributed by atoms with van der Waals surface area (Å²) < 4.78 is 44.0. The van der Waals surface area contributed by atoms with Crippen molar-refractivity contribution in [2.24, 2.45) is 23.7 Å². The Labute approximate surface area is 394 Å². The van der Waals surface area contributed by atoms with Crippen LogP contribution in [0, 0.1) is 23.7 Å². The predicted molar refractivity (Wildman–Crippen MR) is 245 cm³/mol. The third-order valence-electron chi connectivity index (χ3n) is 14.5. The molecule has 4 heterocycles. The van der Waals surface area contributed by atoms with Gasteiger partial charge in [-0.15, -0.1) is 0 Å². The number of aromatic amines is 1. The van der Waals surface area contributed by atoms with Gasteiger partial charge in [-0.1, -0.05) is 39.0 Å². The lowest BCUT2D eigenvalue weighted by Crippen LogP contribution is -2.61. The summed E-state index contributed by atoms with van der Waals surface area (Å²) >= 11 is 0. The van der Waals surface area contributed by atoms with E-state index in [4.69, 9.17) is 33.2 Å². The van der Waals surface area contributed by atoms with E-state index in [-0.39, 0.29) is 50.3 Å². The molecule has 18 atom stereocenters. The zero-order valence-electron chi connectivity index (χ0n) is 41.5. The van der Waals surface area contributed by atoms with Crippen molar-refractivity contribution in [2.45, 2.75) is 186 Å². The number of carbonyl (C=O) groups excluding carboxylic acids is 4. The zero-order chi connectivity index (χ0) is 49.9. The molecule has 0 unspecified atom stereocenters. The van der Waals surface area contributed by atoms with Crippen molar-refractivity contribution in [3.63, 3.8) is 0 Å². The van der Waals surface area contributed by atoms with Gasteiger partial charge in [0.05, 0.1) is 60.1 Å². The second kappa shape index (κ2) is 22.0. The molecule has 3 fully saturated rings. The van der Waals surface area contributed by atoms with Crippen molar-refractivity contribution >= 4 is 34.5 Å². The van der Waals surface area contributed by atoms with Crippen molar-refractivity contribution in [1.82, 2.24) is 15.2 Å². The van der Waals surface area contributed by atoms with Gasteiger partial charge in [-0.05, 0) is 80.1 Å². The second-order valence-electron chi connectivity index (χ2n) is 20.3. The molecule has 18 heteroatoms. The number of fused-ring (bicyclic) bond motifs is 1. The largest absolute Gasteiger partial charge is 0.459 e. The Morgan fingerprint density at radius 3 is 2.24 bits per heavy atom. The van der Waals surface area contributed by atoms with Gasteiger partial charge in [0.25, 0.3) is 0 Å². The van der Waals surface area contributed by atoms with E-state index < -0.39 is 114 Å². The number of likely N-dealkylation sites (N-methyl/N-ethyl adjacent to an activating group) is 1. The number of aromatic nitrogens is 1. The lowest BCUT2D eigenvalue weighted by molar-refractivity contribution is -0.318. The molecule has 1 aromatic carbocycles. The molecule has 6 N–H and O–H groups in total. The Balaban J connectivity index is 1.55. The summed E-state index contributed by atoms with van der Waals surface area (Å²) in [5, 5.41) is 51.6. The number of para-hydroxylation sites is 1. The first-order chi connectivity index (χ1) is 31.2. The summed E-state index contributed by atoms with van der Waals surface area (Å²) in [5.74, 6) is -6.63. The van der Waals surface area contributed by atoms with E-state index in [0.29, 0.717) is 6.42 Å². The molecule has 0 radical (unpaired) electrons. The number of ether oxygens (including phenoxy) is 7.